The monoisotopic (exact) mass is 390 g/mol. The van der Waals surface area contributed by atoms with E-state index in [2.05, 4.69) is 51.6 Å². The highest BCUT2D eigenvalue weighted by molar-refractivity contribution is 6.00. The number of rotatable bonds is 5. The zero-order valence-corrected chi connectivity index (χ0v) is 16.9. The Bertz CT molecular complexity index is 990. The van der Waals surface area contributed by atoms with Gasteiger partial charge in [-0.1, -0.05) is 36.4 Å². The quantitative estimate of drug-likeness (QED) is 0.718. The minimum Gasteiger partial charge on any atom is -0.421 e. The zero-order chi connectivity index (χ0) is 20.2. The summed E-state index contributed by atoms with van der Waals surface area (Å²) in [4.78, 5) is 15.4. The number of hydrogen-bond donors (Lipinski definition) is 1. The average Bonchev–Trinajstić information content (AvgIpc) is 3.17. The van der Waals surface area contributed by atoms with Crippen molar-refractivity contribution in [1.82, 2.24) is 20.4 Å². The van der Waals surface area contributed by atoms with E-state index in [9.17, 15) is 4.79 Å². The molecule has 1 aliphatic heterocycles. The van der Waals surface area contributed by atoms with Crippen LogP contribution in [0.3, 0.4) is 0 Å². The lowest BCUT2D eigenvalue weighted by Crippen LogP contribution is -2.44. The van der Waals surface area contributed by atoms with E-state index in [1.54, 1.807) is 13.0 Å². The number of carbonyl (C=O) groups excluding carboxylic acids is 1. The molecule has 1 fully saturated rings. The zero-order valence-electron chi connectivity index (χ0n) is 16.9. The molecule has 6 heteroatoms. The maximum absolute atomic E-state index is 12.9. The van der Waals surface area contributed by atoms with Crippen LogP contribution in [0.2, 0.25) is 0 Å². The second-order valence-corrected chi connectivity index (χ2v) is 7.62. The Morgan fingerprint density at radius 2 is 1.79 bits per heavy atom. The standard InChI is InChI=1S/C23H26N4O2/c1-16-7-3-4-8-18(16)15-27-13-11-19(12-14-27)24-22(28)20-9-5-6-10-21(20)23-26-25-17(2)29-23/h3-10,19H,11-15H2,1-2H3,(H,24,28). The van der Waals surface area contributed by atoms with Crippen LogP contribution in [0, 0.1) is 13.8 Å². The normalized spacial score (nSPS) is 15.4. The third kappa shape index (κ3) is 4.54. The Balaban J connectivity index is 1.37. The van der Waals surface area contributed by atoms with E-state index in [4.69, 9.17) is 4.42 Å². The molecule has 2 aromatic carbocycles. The van der Waals surface area contributed by atoms with Crippen molar-refractivity contribution in [2.24, 2.45) is 0 Å². The molecule has 0 saturated carbocycles. The highest BCUT2D eigenvalue weighted by Gasteiger charge is 2.23. The molecule has 1 aliphatic rings. The number of aromatic nitrogens is 2. The molecule has 0 aliphatic carbocycles. The Labute approximate surface area is 170 Å². The van der Waals surface area contributed by atoms with Gasteiger partial charge in [-0.05, 0) is 43.0 Å². The van der Waals surface area contributed by atoms with Crippen molar-refractivity contribution in [3.63, 3.8) is 0 Å². The molecule has 2 heterocycles. The second kappa shape index (κ2) is 8.57. The minimum atomic E-state index is -0.0891. The van der Waals surface area contributed by atoms with E-state index in [-0.39, 0.29) is 11.9 Å². The van der Waals surface area contributed by atoms with Crippen LogP contribution in [0.4, 0.5) is 0 Å². The maximum atomic E-state index is 12.9. The van der Waals surface area contributed by atoms with E-state index in [1.165, 1.54) is 11.1 Å². The van der Waals surface area contributed by atoms with Crippen LogP contribution in [0.25, 0.3) is 11.5 Å². The SMILES string of the molecule is Cc1nnc(-c2ccccc2C(=O)NC2CCN(Cc3ccccc3C)CC2)o1. The highest BCUT2D eigenvalue weighted by Crippen LogP contribution is 2.23. The Morgan fingerprint density at radius 1 is 1.07 bits per heavy atom. The number of amides is 1. The molecule has 150 valence electrons. The molecule has 1 saturated heterocycles. The number of carbonyl (C=O) groups is 1. The van der Waals surface area contributed by atoms with E-state index in [0.29, 0.717) is 22.9 Å². The van der Waals surface area contributed by atoms with E-state index in [1.807, 2.05) is 18.2 Å². The van der Waals surface area contributed by atoms with Gasteiger partial charge in [-0.2, -0.15) is 0 Å². The first-order chi connectivity index (χ1) is 14.1. The molecular weight excluding hydrogens is 364 g/mol. The maximum Gasteiger partial charge on any atom is 0.252 e. The lowest BCUT2D eigenvalue weighted by Gasteiger charge is -2.32. The summed E-state index contributed by atoms with van der Waals surface area (Å²) in [6.45, 7) is 6.81. The number of hydrogen-bond acceptors (Lipinski definition) is 5. The molecule has 1 amide bonds. The van der Waals surface area contributed by atoms with Gasteiger partial charge >= 0.3 is 0 Å². The second-order valence-electron chi connectivity index (χ2n) is 7.62. The number of nitrogens with zero attached hydrogens (tertiary/aromatic N) is 3. The molecule has 0 spiro atoms. The van der Waals surface area contributed by atoms with Crippen LogP contribution in [0.1, 0.15) is 40.2 Å². The molecule has 0 radical (unpaired) electrons. The number of nitrogens with one attached hydrogen (secondary N) is 1. The van der Waals surface area contributed by atoms with E-state index >= 15 is 0 Å². The van der Waals surface area contributed by atoms with Crippen LogP contribution in [0.5, 0.6) is 0 Å². The molecule has 6 nitrogen and oxygen atoms in total. The summed E-state index contributed by atoms with van der Waals surface area (Å²) in [5, 5.41) is 11.1. The number of benzene rings is 2. The smallest absolute Gasteiger partial charge is 0.252 e. The molecule has 4 rings (SSSR count). The molecule has 0 unspecified atom stereocenters. The van der Waals surface area contributed by atoms with Crippen molar-refractivity contribution < 1.29 is 9.21 Å². The largest absolute Gasteiger partial charge is 0.421 e. The number of piperidine rings is 1. The Kier molecular flexibility index (Phi) is 5.71. The first-order valence-electron chi connectivity index (χ1n) is 10.1. The summed E-state index contributed by atoms with van der Waals surface area (Å²) in [5.41, 5.74) is 3.94. The first kappa shape index (κ1) is 19.3. The summed E-state index contributed by atoms with van der Waals surface area (Å²) >= 11 is 0. The van der Waals surface area contributed by atoms with Crippen molar-refractivity contribution in [3.05, 3.63) is 71.1 Å². The van der Waals surface area contributed by atoms with Crippen LogP contribution in [0.15, 0.2) is 52.9 Å². The fraction of sp³-hybridized carbons (Fsp3) is 0.348. The van der Waals surface area contributed by atoms with E-state index < -0.39 is 0 Å². The lowest BCUT2D eigenvalue weighted by molar-refractivity contribution is 0.0909. The molecule has 29 heavy (non-hydrogen) atoms. The molecule has 1 N–H and O–H groups in total. The van der Waals surface area contributed by atoms with Crippen LogP contribution < -0.4 is 5.32 Å². The van der Waals surface area contributed by atoms with Gasteiger partial charge in [-0.25, -0.2) is 0 Å². The predicted molar refractivity (Wildman–Crippen MR) is 111 cm³/mol. The highest BCUT2D eigenvalue weighted by atomic mass is 16.4. The van der Waals surface area contributed by atoms with Gasteiger partial charge in [0, 0.05) is 32.6 Å². The topological polar surface area (TPSA) is 71.3 Å². The summed E-state index contributed by atoms with van der Waals surface area (Å²) in [6, 6.07) is 16.1. The van der Waals surface area contributed by atoms with Crippen molar-refractivity contribution in [2.75, 3.05) is 13.1 Å². The van der Waals surface area contributed by atoms with Gasteiger partial charge in [0.25, 0.3) is 5.91 Å². The van der Waals surface area contributed by atoms with Gasteiger partial charge < -0.3 is 9.73 Å². The van der Waals surface area contributed by atoms with Crippen LogP contribution in [-0.2, 0) is 6.54 Å². The minimum absolute atomic E-state index is 0.0891. The van der Waals surface area contributed by atoms with Crippen molar-refractivity contribution in [1.29, 1.82) is 0 Å². The van der Waals surface area contributed by atoms with Crippen LogP contribution in [-0.4, -0.2) is 40.1 Å². The number of aryl methyl sites for hydroxylation is 2. The Hall–Kier alpha value is -2.99. The predicted octanol–water partition coefficient (Wildman–Crippen LogP) is 3.75. The molecular formula is C23H26N4O2. The van der Waals surface area contributed by atoms with E-state index in [0.717, 1.165) is 32.5 Å². The molecule has 0 atom stereocenters. The lowest BCUT2D eigenvalue weighted by atomic mass is 10.0. The van der Waals surface area contributed by atoms with Crippen molar-refractivity contribution in [2.45, 2.75) is 39.3 Å². The Morgan fingerprint density at radius 3 is 2.52 bits per heavy atom. The van der Waals surface area contributed by atoms with Gasteiger partial charge in [-0.15, -0.1) is 10.2 Å². The summed E-state index contributed by atoms with van der Waals surface area (Å²) < 4.78 is 5.52. The van der Waals surface area contributed by atoms with Gasteiger partial charge in [0.15, 0.2) is 0 Å². The van der Waals surface area contributed by atoms with Crippen molar-refractivity contribution in [3.8, 4) is 11.5 Å². The fourth-order valence-electron chi connectivity index (χ4n) is 3.80. The van der Waals surface area contributed by atoms with Gasteiger partial charge in [-0.3, -0.25) is 9.69 Å². The molecule has 0 bridgehead atoms. The van der Waals surface area contributed by atoms with Gasteiger partial charge in [0.2, 0.25) is 11.8 Å². The fourth-order valence-corrected chi connectivity index (χ4v) is 3.80. The summed E-state index contributed by atoms with van der Waals surface area (Å²) in [5.74, 6) is 0.770. The first-order valence-corrected chi connectivity index (χ1v) is 10.1. The summed E-state index contributed by atoms with van der Waals surface area (Å²) in [6.07, 6.45) is 1.89. The van der Waals surface area contributed by atoms with Crippen molar-refractivity contribution >= 4 is 5.91 Å². The summed E-state index contributed by atoms with van der Waals surface area (Å²) in [7, 11) is 0. The van der Waals surface area contributed by atoms with Crippen LogP contribution >= 0.6 is 0 Å². The molecule has 1 aromatic heterocycles. The molecule has 3 aromatic rings. The van der Waals surface area contributed by atoms with Gasteiger partial charge in [0.05, 0.1) is 11.1 Å². The number of likely N-dealkylation sites (tertiary alicyclic amines) is 1. The third-order valence-corrected chi connectivity index (χ3v) is 5.51. The average molecular weight is 390 g/mol. The third-order valence-electron chi connectivity index (χ3n) is 5.51. The van der Waals surface area contributed by atoms with Gasteiger partial charge in [0.1, 0.15) is 0 Å².